The second kappa shape index (κ2) is 7.56. The molecule has 2 aromatic carbocycles. The molecule has 0 saturated carbocycles. The third kappa shape index (κ3) is 4.39. The summed E-state index contributed by atoms with van der Waals surface area (Å²) in [5.74, 6) is 0. The molecule has 1 unspecified atom stereocenters. The maximum Gasteiger partial charge on any atom is 0.310 e. The van der Waals surface area contributed by atoms with Gasteiger partial charge in [0.25, 0.3) is 0 Å². The van der Waals surface area contributed by atoms with E-state index in [0.29, 0.717) is 6.54 Å². The van der Waals surface area contributed by atoms with Gasteiger partial charge in [0.05, 0.1) is 4.92 Å². The average molecular weight is 389 g/mol. The highest BCUT2D eigenvalue weighted by Crippen LogP contribution is 2.33. The molecule has 1 aliphatic heterocycles. The molecule has 144 valence electrons. The van der Waals surface area contributed by atoms with Crippen molar-refractivity contribution in [2.45, 2.75) is 30.7 Å². The molecule has 1 fully saturated rings. The van der Waals surface area contributed by atoms with Crippen LogP contribution in [0, 0.1) is 17.0 Å². The van der Waals surface area contributed by atoms with Gasteiger partial charge in [-0.15, -0.1) is 0 Å². The third-order valence-electron chi connectivity index (χ3n) is 4.76. The predicted molar refractivity (Wildman–Crippen MR) is 106 cm³/mol. The Morgan fingerprint density at radius 3 is 2.52 bits per heavy atom. The normalized spacial score (nSPS) is 17.6. The van der Waals surface area contributed by atoms with E-state index in [0.717, 1.165) is 31.3 Å². The highest BCUT2D eigenvalue weighted by molar-refractivity contribution is 7.90. The number of hydrogen-bond donors (Lipinski definition) is 1. The number of nitrogens with one attached hydrogen (secondary N) is 1. The molecule has 8 heteroatoms. The lowest BCUT2D eigenvalue weighted by atomic mass is 10.0. The van der Waals surface area contributed by atoms with Crippen LogP contribution < -0.4 is 10.2 Å². The van der Waals surface area contributed by atoms with E-state index in [1.807, 2.05) is 6.92 Å². The van der Waals surface area contributed by atoms with Gasteiger partial charge in [0, 0.05) is 31.1 Å². The molecule has 2 aromatic rings. The summed E-state index contributed by atoms with van der Waals surface area (Å²) in [5, 5.41) is 14.7. The Labute approximate surface area is 159 Å². The van der Waals surface area contributed by atoms with Crippen molar-refractivity contribution in [2.24, 2.45) is 0 Å². The van der Waals surface area contributed by atoms with Gasteiger partial charge in [0.1, 0.15) is 10.6 Å². The first kappa shape index (κ1) is 19.2. The first-order valence-electron chi connectivity index (χ1n) is 8.81. The number of anilines is 2. The monoisotopic (exact) mass is 389 g/mol. The van der Waals surface area contributed by atoms with Crippen molar-refractivity contribution >= 4 is 26.9 Å². The number of sulfone groups is 1. The maximum absolute atomic E-state index is 11.9. The zero-order valence-corrected chi connectivity index (χ0v) is 16.2. The topological polar surface area (TPSA) is 92.6 Å². The predicted octanol–water partition coefficient (Wildman–Crippen LogP) is 3.39. The van der Waals surface area contributed by atoms with E-state index in [2.05, 4.69) is 34.5 Å². The van der Waals surface area contributed by atoms with Crippen molar-refractivity contribution in [1.29, 1.82) is 0 Å². The fourth-order valence-electron chi connectivity index (χ4n) is 3.43. The standard InChI is InChI=1S/C19H23N3O4S/c1-14-8-10-16(11-9-14)21-12-4-5-15(13-21)20-17-6-3-7-18(27(2,25)26)19(17)22(23)24/h3,6-11,15,20H,4-5,12-13H2,1-2H3. The molecule has 7 nitrogen and oxygen atoms in total. The molecule has 0 aromatic heterocycles. The van der Waals surface area contributed by atoms with Crippen molar-refractivity contribution in [2.75, 3.05) is 29.6 Å². The summed E-state index contributed by atoms with van der Waals surface area (Å²) in [4.78, 5) is 12.9. The van der Waals surface area contributed by atoms with E-state index in [1.165, 1.54) is 17.7 Å². The number of nitro groups is 1. The van der Waals surface area contributed by atoms with Gasteiger partial charge in [-0.3, -0.25) is 10.1 Å². The molecule has 1 atom stereocenters. The van der Waals surface area contributed by atoms with Crippen LogP contribution in [0.5, 0.6) is 0 Å². The quantitative estimate of drug-likeness (QED) is 0.622. The van der Waals surface area contributed by atoms with E-state index in [9.17, 15) is 18.5 Å². The molecule has 27 heavy (non-hydrogen) atoms. The van der Waals surface area contributed by atoms with Crippen molar-refractivity contribution in [3.05, 3.63) is 58.1 Å². The van der Waals surface area contributed by atoms with Gasteiger partial charge in [-0.05, 0) is 44.0 Å². The van der Waals surface area contributed by atoms with Crippen LogP contribution in [0.15, 0.2) is 47.4 Å². The second-order valence-electron chi connectivity index (χ2n) is 6.95. The van der Waals surface area contributed by atoms with Gasteiger partial charge in [0.15, 0.2) is 9.84 Å². The molecule has 1 N–H and O–H groups in total. The van der Waals surface area contributed by atoms with Gasteiger partial charge < -0.3 is 10.2 Å². The zero-order valence-electron chi connectivity index (χ0n) is 15.4. The molecular weight excluding hydrogens is 366 g/mol. The Morgan fingerprint density at radius 2 is 1.89 bits per heavy atom. The first-order chi connectivity index (χ1) is 12.8. The molecule has 1 aliphatic rings. The summed E-state index contributed by atoms with van der Waals surface area (Å²) in [5.41, 5.74) is 2.18. The van der Waals surface area contributed by atoms with Crippen LogP contribution in [0.4, 0.5) is 17.1 Å². The lowest BCUT2D eigenvalue weighted by Crippen LogP contribution is -2.42. The molecule has 3 rings (SSSR count). The first-order valence-corrected chi connectivity index (χ1v) is 10.7. The third-order valence-corrected chi connectivity index (χ3v) is 5.89. The van der Waals surface area contributed by atoms with Gasteiger partial charge in [-0.25, -0.2) is 8.42 Å². The van der Waals surface area contributed by atoms with Crippen molar-refractivity contribution < 1.29 is 13.3 Å². The minimum Gasteiger partial charge on any atom is -0.375 e. The van der Waals surface area contributed by atoms with E-state index in [1.54, 1.807) is 6.07 Å². The number of aryl methyl sites for hydroxylation is 1. The number of nitro benzene ring substituents is 1. The van der Waals surface area contributed by atoms with Crippen LogP contribution in [0.2, 0.25) is 0 Å². The summed E-state index contributed by atoms with van der Waals surface area (Å²) in [7, 11) is -3.69. The number of benzene rings is 2. The van der Waals surface area contributed by atoms with Crippen molar-refractivity contribution in [3.8, 4) is 0 Å². The lowest BCUT2D eigenvalue weighted by Gasteiger charge is -2.35. The molecule has 0 spiro atoms. The fourth-order valence-corrected chi connectivity index (χ4v) is 4.29. The molecule has 1 saturated heterocycles. The smallest absolute Gasteiger partial charge is 0.310 e. The summed E-state index contributed by atoms with van der Waals surface area (Å²) in [6.07, 6.45) is 2.80. The molecule has 0 aliphatic carbocycles. The van der Waals surface area contributed by atoms with E-state index in [-0.39, 0.29) is 22.3 Å². The maximum atomic E-state index is 11.9. The van der Waals surface area contributed by atoms with Crippen molar-refractivity contribution in [1.82, 2.24) is 0 Å². The lowest BCUT2D eigenvalue weighted by molar-refractivity contribution is -0.386. The van der Waals surface area contributed by atoms with Crippen LogP contribution in [0.1, 0.15) is 18.4 Å². The largest absolute Gasteiger partial charge is 0.375 e. The van der Waals surface area contributed by atoms with Gasteiger partial charge >= 0.3 is 5.69 Å². The van der Waals surface area contributed by atoms with Crippen LogP contribution in [-0.2, 0) is 9.84 Å². The van der Waals surface area contributed by atoms with Crippen LogP contribution in [0.25, 0.3) is 0 Å². The van der Waals surface area contributed by atoms with E-state index < -0.39 is 14.8 Å². The van der Waals surface area contributed by atoms with E-state index >= 15 is 0 Å². The second-order valence-corrected chi connectivity index (χ2v) is 8.93. The average Bonchev–Trinajstić information content (AvgIpc) is 2.61. The van der Waals surface area contributed by atoms with Gasteiger partial charge in [-0.1, -0.05) is 23.8 Å². The Balaban J connectivity index is 1.84. The Hall–Kier alpha value is -2.61. The zero-order chi connectivity index (χ0) is 19.6. The Morgan fingerprint density at radius 1 is 1.19 bits per heavy atom. The molecule has 1 heterocycles. The van der Waals surface area contributed by atoms with Crippen molar-refractivity contribution in [3.63, 3.8) is 0 Å². The highest BCUT2D eigenvalue weighted by Gasteiger charge is 2.28. The number of nitrogens with zero attached hydrogens (tertiary/aromatic N) is 2. The SMILES string of the molecule is Cc1ccc(N2CCCC(Nc3cccc(S(C)(=O)=O)c3[N+](=O)[O-])C2)cc1. The number of piperidine rings is 1. The van der Waals surface area contributed by atoms with Crippen LogP contribution >= 0.6 is 0 Å². The Bertz CT molecular complexity index is 942. The Kier molecular flexibility index (Phi) is 5.36. The molecule has 0 amide bonds. The highest BCUT2D eigenvalue weighted by atomic mass is 32.2. The summed E-state index contributed by atoms with van der Waals surface area (Å²) in [6.45, 7) is 3.66. The number of para-hydroxylation sites is 1. The molecular formula is C19H23N3O4S. The minimum absolute atomic E-state index is 0.00596. The van der Waals surface area contributed by atoms with E-state index in [4.69, 9.17) is 0 Å². The van der Waals surface area contributed by atoms with Crippen LogP contribution in [-0.4, -0.2) is 38.7 Å². The van der Waals surface area contributed by atoms with Gasteiger partial charge in [-0.2, -0.15) is 0 Å². The molecule has 0 radical (unpaired) electrons. The summed E-state index contributed by atoms with van der Waals surface area (Å²) >= 11 is 0. The van der Waals surface area contributed by atoms with Gasteiger partial charge in [0.2, 0.25) is 0 Å². The minimum atomic E-state index is -3.69. The fraction of sp³-hybridized carbons (Fsp3) is 0.368. The molecule has 0 bridgehead atoms. The summed E-state index contributed by atoms with van der Waals surface area (Å²) in [6, 6.07) is 12.6. The number of rotatable bonds is 5. The number of hydrogen-bond acceptors (Lipinski definition) is 6. The summed E-state index contributed by atoms with van der Waals surface area (Å²) < 4.78 is 23.9. The van der Waals surface area contributed by atoms with Crippen LogP contribution in [0.3, 0.4) is 0 Å².